The van der Waals surface area contributed by atoms with E-state index < -0.39 is 26.4 Å². The third-order valence-electron chi connectivity index (χ3n) is 9.38. The van der Waals surface area contributed by atoms with Crippen molar-refractivity contribution in [1.82, 2.24) is 0 Å². The second-order valence-corrected chi connectivity index (χ2v) is 41.3. The lowest BCUT2D eigenvalue weighted by Crippen LogP contribution is -2.46. The molecule has 0 bridgehead atoms. The largest absolute Gasteiger partial charge is 0.500 e. The molecule has 0 aromatic rings. The molecule has 1 rings (SSSR count). The molecule has 378 valence electrons. The first kappa shape index (κ1) is 65.5. The van der Waals surface area contributed by atoms with Crippen LogP contribution in [0.25, 0.3) is 0 Å². The first-order valence-corrected chi connectivity index (χ1v) is 44.2. The van der Waals surface area contributed by atoms with Gasteiger partial charge in [-0.3, -0.25) is 0 Å². The highest BCUT2D eigenvalue weighted by Gasteiger charge is 2.44. The maximum atomic E-state index is 6.14. The van der Waals surface area contributed by atoms with Crippen LogP contribution in [0.1, 0.15) is 146 Å². The van der Waals surface area contributed by atoms with Crippen LogP contribution in [0.3, 0.4) is 0 Å². The average molecular weight is 1170 g/mol. The Morgan fingerprint density at radius 1 is 0.381 bits per heavy atom. The predicted octanol–water partition coefficient (Wildman–Crippen LogP) is 17.3. The van der Waals surface area contributed by atoms with Crippen molar-refractivity contribution < 1.29 is 39.8 Å². The van der Waals surface area contributed by atoms with Gasteiger partial charge in [0.15, 0.2) is 0 Å². The lowest BCUT2D eigenvalue weighted by Gasteiger charge is -2.38. The number of rotatable bonds is 42. The zero-order chi connectivity index (χ0) is 46.2. The highest BCUT2D eigenvalue weighted by Crippen LogP contribution is 2.66. The van der Waals surface area contributed by atoms with E-state index in [2.05, 4.69) is 32.4 Å². The van der Waals surface area contributed by atoms with Crippen molar-refractivity contribution in [2.45, 2.75) is 173 Å². The van der Waals surface area contributed by atoms with Gasteiger partial charge in [-0.25, -0.2) is 0 Å². The molecule has 0 aromatic carbocycles. The van der Waals surface area contributed by atoms with E-state index in [0.29, 0.717) is 64.7 Å². The summed E-state index contributed by atoms with van der Waals surface area (Å²) in [5.41, 5.74) is 0. The molecule has 0 saturated heterocycles. The van der Waals surface area contributed by atoms with Gasteiger partial charge in [0.1, 0.15) is 0 Å². The van der Waals surface area contributed by atoms with Gasteiger partial charge in [0.05, 0.1) is 4.08 Å². The molecule has 0 radical (unpaired) electrons. The minimum Gasteiger partial charge on any atom is -0.374 e. The van der Waals surface area contributed by atoms with Crippen LogP contribution in [0, 0.1) is 0 Å². The smallest absolute Gasteiger partial charge is 0.374 e. The summed E-state index contributed by atoms with van der Waals surface area (Å²) >= 11 is 0. The van der Waals surface area contributed by atoms with Gasteiger partial charge in [-0.1, -0.05) is 116 Å². The molecule has 9 nitrogen and oxygen atoms in total. The Kier molecular flexibility index (Phi) is 45.8. The molecule has 1 aliphatic carbocycles. The monoisotopic (exact) mass is 1160 g/mol. The van der Waals surface area contributed by atoms with Crippen LogP contribution >= 0.6 is 124 Å². The first-order valence-electron chi connectivity index (χ1n) is 23.4. The molecular formula is C39H84O9S12Si3. The summed E-state index contributed by atoms with van der Waals surface area (Å²) in [7, 11) is 16.4. The summed E-state index contributed by atoms with van der Waals surface area (Å²) in [6.07, 6.45) is 16.3. The molecule has 0 spiro atoms. The van der Waals surface area contributed by atoms with Gasteiger partial charge in [0, 0.05) is 100 Å². The van der Waals surface area contributed by atoms with Crippen molar-refractivity contribution in [3.63, 3.8) is 0 Å². The van der Waals surface area contributed by atoms with Crippen molar-refractivity contribution in [1.29, 1.82) is 0 Å². The summed E-state index contributed by atoms with van der Waals surface area (Å²) in [5, 5.41) is 0.528. The number of hydrogen-bond acceptors (Lipinski definition) is 21. The van der Waals surface area contributed by atoms with E-state index >= 15 is 0 Å². The zero-order valence-corrected chi connectivity index (χ0v) is 52.7. The van der Waals surface area contributed by atoms with E-state index in [1.54, 1.807) is 0 Å². The summed E-state index contributed by atoms with van der Waals surface area (Å²) in [6, 6.07) is 2.60. The van der Waals surface area contributed by atoms with E-state index in [4.69, 9.17) is 39.8 Å². The second kappa shape index (κ2) is 44.0. The summed E-state index contributed by atoms with van der Waals surface area (Å²) in [4.78, 5) is 0. The lowest BCUT2D eigenvalue weighted by atomic mass is 10.00. The van der Waals surface area contributed by atoms with Crippen LogP contribution in [0.2, 0.25) is 18.1 Å². The molecule has 0 aromatic heterocycles. The molecule has 0 aliphatic heterocycles. The highest BCUT2D eigenvalue weighted by atomic mass is 33.7. The lowest BCUT2D eigenvalue weighted by molar-refractivity contribution is 0.0704. The van der Waals surface area contributed by atoms with Crippen LogP contribution in [0.4, 0.5) is 0 Å². The Bertz CT molecular complexity index is 945. The van der Waals surface area contributed by atoms with E-state index in [9.17, 15) is 0 Å². The Morgan fingerprint density at radius 2 is 0.683 bits per heavy atom. The Labute approximate surface area is 435 Å². The molecule has 1 saturated carbocycles. The van der Waals surface area contributed by atoms with Gasteiger partial charge in [-0.15, -0.1) is 0 Å². The molecule has 0 N–H and O–H groups in total. The van der Waals surface area contributed by atoms with E-state index in [1.807, 2.05) is 154 Å². The molecule has 1 atom stereocenters. The zero-order valence-electron chi connectivity index (χ0n) is 39.9. The quantitative estimate of drug-likeness (QED) is 0.0251. The molecule has 1 unspecified atom stereocenters. The van der Waals surface area contributed by atoms with Gasteiger partial charge < -0.3 is 39.8 Å². The van der Waals surface area contributed by atoms with Gasteiger partial charge in [0.2, 0.25) is 0 Å². The van der Waals surface area contributed by atoms with Crippen molar-refractivity contribution in [3.8, 4) is 0 Å². The van der Waals surface area contributed by atoms with Crippen LogP contribution < -0.4 is 0 Å². The fourth-order valence-corrected chi connectivity index (χ4v) is 39.8. The van der Waals surface area contributed by atoms with Crippen molar-refractivity contribution in [3.05, 3.63) is 0 Å². The van der Waals surface area contributed by atoms with Crippen molar-refractivity contribution >= 4 is 150 Å². The van der Waals surface area contributed by atoms with Gasteiger partial charge in [-0.2, -0.15) is 0 Å². The summed E-state index contributed by atoms with van der Waals surface area (Å²) in [6.45, 7) is 24.0. The highest BCUT2D eigenvalue weighted by molar-refractivity contribution is 9.29. The molecule has 63 heavy (non-hydrogen) atoms. The van der Waals surface area contributed by atoms with Crippen molar-refractivity contribution in [2.75, 3.05) is 76.7 Å². The van der Waals surface area contributed by atoms with E-state index in [0.717, 1.165) is 54.7 Å². The molecule has 0 heterocycles. The van der Waals surface area contributed by atoms with E-state index in [1.165, 1.54) is 64.2 Å². The molecule has 1 aliphatic rings. The Morgan fingerprint density at radius 3 is 1.02 bits per heavy atom. The van der Waals surface area contributed by atoms with Gasteiger partial charge >= 0.3 is 26.4 Å². The van der Waals surface area contributed by atoms with Gasteiger partial charge in [-0.05, 0) is 153 Å². The topological polar surface area (TPSA) is 83.1 Å². The summed E-state index contributed by atoms with van der Waals surface area (Å²) in [5.74, 6) is 3.15. The van der Waals surface area contributed by atoms with Crippen molar-refractivity contribution in [2.24, 2.45) is 0 Å². The molecular weight excluding hydrogens is 1080 g/mol. The summed E-state index contributed by atoms with van der Waals surface area (Å²) < 4.78 is 55.3. The fourth-order valence-electron chi connectivity index (χ4n) is 6.88. The second-order valence-electron chi connectivity index (χ2n) is 14.1. The maximum Gasteiger partial charge on any atom is 0.500 e. The minimum atomic E-state index is -2.62. The average Bonchev–Trinajstić information content (AvgIpc) is 3.25. The standard InChI is InChI=1S/C39H84O9S12Si3/c1-10-40-61(41-11-2,42-12-3)35-27-32-49-55-58-52-38-30-25-23-21-19-20-22-24-26-31-39(38,53-59-56-50-33-28-36-62(43-13-4,44-14-5)45-15-6)54-60-57-51-34-29-37-63(46-16-7,47-17-8)48-18-9/h38H,10-37H2,1-9H3. The fraction of sp³-hybridized carbons (Fsp3) is 1.00. The Hall–Kier alpha value is 4.49. The molecule has 1 fully saturated rings. The SMILES string of the molecule is CCO[Si](CCCSSSSC1CCCCCCCCCCC1(SSSSCCC[Si](OCC)(OCC)OCC)SSSSCCC[Si](OCC)(OCC)OCC)(OCC)OCC. The minimum absolute atomic E-state index is 0.0815. The van der Waals surface area contributed by atoms with Crippen LogP contribution in [0.15, 0.2) is 0 Å². The van der Waals surface area contributed by atoms with E-state index in [-0.39, 0.29) is 4.08 Å². The third-order valence-corrected chi connectivity index (χ3v) is 41.2. The van der Waals surface area contributed by atoms with Crippen LogP contribution in [0.5, 0.6) is 0 Å². The molecule has 0 amide bonds. The first-order chi connectivity index (χ1) is 30.8. The number of hydrogen-bond donors (Lipinski definition) is 0. The predicted molar refractivity (Wildman–Crippen MR) is 309 cm³/mol. The van der Waals surface area contributed by atoms with Crippen LogP contribution in [-0.2, 0) is 39.8 Å². The normalized spacial score (nSPS) is 17.2. The van der Waals surface area contributed by atoms with Crippen LogP contribution in [-0.4, -0.2) is 112 Å². The molecule has 24 heteroatoms. The Balaban J connectivity index is 3.09. The van der Waals surface area contributed by atoms with Gasteiger partial charge in [0.25, 0.3) is 0 Å². The third kappa shape index (κ3) is 30.3. The maximum absolute atomic E-state index is 6.14.